The molecule has 0 saturated heterocycles. The maximum Gasteiger partial charge on any atom is 0.161 e. The van der Waals surface area contributed by atoms with Crippen LogP contribution in [0.25, 0.3) is 0 Å². The Morgan fingerprint density at radius 1 is 1.38 bits per heavy atom. The summed E-state index contributed by atoms with van der Waals surface area (Å²) in [6, 6.07) is 8.21. The lowest BCUT2D eigenvalue weighted by atomic mass is 10.0. The second-order valence-corrected chi connectivity index (χ2v) is 5.57. The molecule has 0 amide bonds. The van der Waals surface area contributed by atoms with E-state index in [1.807, 2.05) is 4.68 Å². The number of aromatic nitrogens is 2. The number of hydrazine groups is 1. The third-order valence-corrected chi connectivity index (χ3v) is 4.13. The number of nitrogens with one attached hydrogen (secondary N) is 1. The molecular weight excluding hydrogens is 284 g/mol. The van der Waals surface area contributed by atoms with Crippen LogP contribution in [-0.4, -0.2) is 23.1 Å². The van der Waals surface area contributed by atoms with Crippen molar-refractivity contribution >= 4 is 11.8 Å². The minimum Gasteiger partial charge on any atom is -0.493 e. The van der Waals surface area contributed by atoms with Crippen molar-refractivity contribution < 1.29 is 4.74 Å². The molecule has 0 saturated carbocycles. The largest absolute Gasteiger partial charge is 0.493 e. The second kappa shape index (κ2) is 7.49. The average molecular weight is 306 g/mol. The summed E-state index contributed by atoms with van der Waals surface area (Å²) in [7, 11) is 1.65. The highest BCUT2D eigenvalue weighted by Crippen LogP contribution is 2.30. The first kappa shape index (κ1) is 15.9. The van der Waals surface area contributed by atoms with E-state index in [9.17, 15) is 0 Å². The molecule has 1 unspecified atom stereocenters. The van der Waals surface area contributed by atoms with Crippen LogP contribution in [-0.2, 0) is 6.54 Å². The Labute approximate surface area is 129 Å². The van der Waals surface area contributed by atoms with Gasteiger partial charge >= 0.3 is 0 Å². The average Bonchev–Trinajstić information content (AvgIpc) is 2.92. The molecule has 2 rings (SSSR count). The molecule has 21 heavy (non-hydrogen) atoms. The number of aryl methyl sites for hydroxylation is 1. The Balaban J connectivity index is 2.41. The standard InChI is InChI=1S/C15H22N4OS/c1-4-9-19-15(13(20-2)10-17-19)14(18-16)11-5-7-12(21-3)8-6-11/h5-8,10,14,18H,4,9,16H2,1-3H3. The summed E-state index contributed by atoms with van der Waals surface area (Å²) in [6.45, 7) is 2.95. The van der Waals surface area contributed by atoms with E-state index in [2.05, 4.69) is 48.0 Å². The minimum atomic E-state index is -0.148. The lowest BCUT2D eigenvalue weighted by Gasteiger charge is -2.19. The van der Waals surface area contributed by atoms with Crippen LogP contribution in [0.1, 0.15) is 30.6 Å². The number of rotatable bonds is 7. The van der Waals surface area contributed by atoms with Crippen molar-refractivity contribution in [1.82, 2.24) is 15.2 Å². The molecule has 2 aromatic rings. The van der Waals surface area contributed by atoms with Gasteiger partial charge in [-0.05, 0) is 30.4 Å². The number of thioether (sulfide) groups is 1. The Morgan fingerprint density at radius 2 is 2.10 bits per heavy atom. The number of nitrogens with zero attached hydrogens (tertiary/aromatic N) is 2. The molecular formula is C15H22N4OS. The van der Waals surface area contributed by atoms with E-state index in [-0.39, 0.29) is 6.04 Å². The fraction of sp³-hybridized carbons (Fsp3) is 0.400. The highest BCUT2D eigenvalue weighted by Gasteiger charge is 2.22. The van der Waals surface area contributed by atoms with Gasteiger partial charge in [0.15, 0.2) is 5.75 Å². The maximum absolute atomic E-state index is 5.80. The van der Waals surface area contributed by atoms with Crippen molar-refractivity contribution in [3.63, 3.8) is 0 Å². The van der Waals surface area contributed by atoms with Crippen LogP contribution in [0.2, 0.25) is 0 Å². The molecule has 6 heteroatoms. The minimum absolute atomic E-state index is 0.148. The van der Waals surface area contributed by atoms with Gasteiger partial charge in [0, 0.05) is 11.4 Å². The van der Waals surface area contributed by atoms with Gasteiger partial charge in [-0.3, -0.25) is 10.5 Å². The fourth-order valence-electron chi connectivity index (χ4n) is 2.35. The number of ether oxygens (including phenoxy) is 1. The fourth-order valence-corrected chi connectivity index (χ4v) is 2.75. The molecule has 0 fully saturated rings. The lowest BCUT2D eigenvalue weighted by Crippen LogP contribution is -2.31. The Kier molecular flexibility index (Phi) is 5.67. The molecule has 114 valence electrons. The highest BCUT2D eigenvalue weighted by molar-refractivity contribution is 7.98. The van der Waals surface area contributed by atoms with Crippen LogP contribution in [0.3, 0.4) is 0 Å². The van der Waals surface area contributed by atoms with Gasteiger partial charge in [-0.2, -0.15) is 5.10 Å². The molecule has 0 bridgehead atoms. The number of hydrogen-bond donors (Lipinski definition) is 2. The number of hydrogen-bond acceptors (Lipinski definition) is 5. The topological polar surface area (TPSA) is 65.1 Å². The predicted molar refractivity (Wildman–Crippen MR) is 86.5 cm³/mol. The van der Waals surface area contributed by atoms with Gasteiger partial charge in [0.25, 0.3) is 0 Å². The predicted octanol–water partition coefficient (Wildman–Crippen LogP) is 2.58. The van der Waals surface area contributed by atoms with Crippen LogP contribution in [0, 0.1) is 0 Å². The maximum atomic E-state index is 5.80. The van der Waals surface area contributed by atoms with E-state index < -0.39 is 0 Å². The SMILES string of the molecule is CCCn1ncc(OC)c1C(NN)c1ccc(SC)cc1. The van der Waals surface area contributed by atoms with E-state index in [0.717, 1.165) is 30.0 Å². The van der Waals surface area contributed by atoms with Gasteiger partial charge in [0.1, 0.15) is 5.69 Å². The molecule has 1 aromatic carbocycles. The lowest BCUT2D eigenvalue weighted by molar-refractivity contribution is 0.398. The van der Waals surface area contributed by atoms with Crippen molar-refractivity contribution in [2.75, 3.05) is 13.4 Å². The summed E-state index contributed by atoms with van der Waals surface area (Å²) >= 11 is 1.72. The van der Waals surface area contributed by atoms with Gasteiger partial charge in [0.2, 0.25) is 0 Å². The first-order valence-corrected chi connectivity index (χ1v) is 8.17. The van der Waals surface area contributed by atoms with E-state index in [4.69, 9.17) is 10.6 Å². The van der Waals surface area contributed by atoms with Crippen molar-refractivity contribution in [3.8, 4) is 5.75 Å². The summed E-state index contributed by atoms with van der Waals surface area (Å²) in [4.78, 5) is 1.23. The zero-order valence-corrected chi connectivity index (χ0v) is 13.5. The molecule has 1 atom stereocenters. The van der Waals surface area contributed by atoms with Crippen molar-refractivity contribution in [2.45, 2.75) is 30.8 Å². The van der Waals surface area contributed by atoms with Gasteiger partial charge in [0.05, 0.1) is 19.3 Å². The molecule has 0 aliphatic carbocycles. The number of methoxy groups -OCH3 is 1. The van der Waals surface area contributed by atoms with Gasteiger partial charge in [-0.15, -0.1) is 11.8 Å². The van der Waals surface area contributed by atoms with Crippen LogP contribution in [0.4, 0.5) is 0 Å². The van der Waals surface area contributed by atoms with Crippen molar-refractivity contribution in [2.24, 2.45) is 5.84 Å². The zero-order chi connectivity index (χ0) is 15.2. The first-order chi connectivity index (χ1) is 10.2. The Hall–Kier alpha value is -1.50. The zero-order valence-electron chi connectivity index (χ0n) is 12.7. The summed E-state index contributed by atoms with van der Waals surface area (Å²) in [5, 5.41) is 4.40. The van der Waals surface area contributed by atoms with E-state index in [0.29, 0.717) is 0 Å². The highest BCUT2D eigenvalue weighted by atomic mass is 32.2. The number of nitrogens with two attached hydrogens (primary N) is 1. The quantitative estimate of drug-likeness (QED) is 0.467. The van der Waals surface area contributed by atoms with Crippen molar-refractivity contribution in [3.05, 3.63) is 41.7 Å². The summed E-state index contributed by atoms with van der Waals surface area (Å²) in [5.41, 5.74) is 4.93. The Morgan fingerprint density at radius 3 is 2.62 bits per heavy atom. The molecule has 0 aliphatic rings. The second-order valence-electron chi connectivity index (χ2n) is 4.69. The van der Waals surface area contributed by atoms with Crippen LogP contribution in [0.15, 0.2) is 35.4 Å². The van der Waals surface area contributed by atoms with Crippen LogP contribution >= 0.6 is 11.8 Å². The first-order valence-electron chi connectivity index (χ1n) is 6.94. The molecule has 1 aromatic heterocycles. The van der Waals surface area contributed by atoms with Crippen LogP contribution in [0.5, 0.6) is 5.75 Å². The van der Waals surface area contributed by atoms with Crippen molar-refractivity contribution in [1.29, 1.82) is 0 Å². The smallest absolute Gasteiger partial charge is 0.161 e. The molecule has 1 heterocycles. The summed E-state index contributed by atoms with van der Waals surface area (Å²) in [6.07, 6.45) is 4.80. The molecule has 5 nitrogen and oxygen atoms in total. The number of benzene rings is 1. The molecule has 0 radical (unpaired) electrons. The van der Waals surface area contributed by atoms with Gasteiger partial charge in [-0.25, -0.2) is 5.43 Å². The van der Waals surface area contributed by atoms with E-state index in [1.54, 1.807) is 25.1 Å². The summed E-state index contributed by atoms with van der Waals surface area (Å²) in [5.74, 6) is 6.55. The van der Waals surface area contributed by atoms with E-state index in [1.165, 1.54) is 4.90 Å². The van der Waals surface area contributed by atoms with Gasteiger partial charge in [-0.1, -0.05) is 19.1 Å². The molecule has 3 N–H and O–H groups in total. The summed E-state index contributed by atoms with van der Waals surface area (Å²) < 4.78 is 7.39. The Bertz CT molecular complexity index is 568. The van der Waals surface area contributed by atoms with E-state index >= 15 is 0 Å². The normalized spacial score (nSPS) is 12.4. The third kappa shape index (κ3) is 3.40. The molecule has 0 spiro atoms. The van der Waals surface area contributed by atoms with Crippen LogP contribution < -0.4 is 16.0 Å². The van der Waals surface area contributed by atoms with Gasteiger partial charge < -0.3 is 4.74 Å². The monoisotopic (exact) mass is 306 g/mol. The third-order valence-electron chi connectivity index (χ3n) is 3.39. The molecule has 0 aliphatic heterocycles.